The maximum Gasteiger partial charge on any atom is 0.258 e. The number of aromatic nitrogens is 2. The van der Waals surface area contributed by atoms with E-state index in [-0.39, 0.29) is 10.9 Å². The molecule has 1 unspecified atom stereocenters. The number of aromatic amines is 1. The van der Waals surface area contributed by atoms with Gasteiger partial charge in [0.25, 0.3) is 14.2 Å². The van der Waals surface area contributed by atoms with Crippen LogP contribution in [0.15, 0.2) is 36.5 Å². The van der Waals surface area contributed by atoms with E-state index in [0.717, 1.165) is 44.0 Å². The van der Waals surface area contributed by atoms with Crippen LogP contribution >= 0.6 is 0 Å². The van der Waals surface area contributed by atoms with Gasteiger partial charge in [0, 0.05) is 33.4 Å². The van der Waals surface area contributed by atoms with Crippen LogP contribution in [-0.4, -0.2) is 32.5 Å². The summed E-state index contributed by atoms with van der Waals surface area (Å²) in [5, 5.41) is 6.02. The molecule has 214 valence electrons. The molecule has 0 spiro atoms. The summed E-state index contributed by atoms with van der Waals surface area (Å²) in [6.07, 6.45) is 1.31. The first kappa shape index (κ1) is 28.8. The Bertz CT molecular complexity index is 1590. The van der Waals surface area contributed by atoms with Crippen LogP contribution in [0.3, 0.4) is 0 Å². The standard InChI is InChI=1S/C32H45N3O3Si2/c1-18(2)40(19(3)4,20(5)6)37-21-14-15-24-23(17-21)25-27-26(22-13-12-16-33-28(22)29(25)34-24)31(35-30(27)36)38-39(10,11)32(7,8)9/h12-20,31,34H,1-11H3,(H,35,36). The van der Waals surface area contributed by atoms with Gasteiger partial charge in [-0.05, 0) is 59.0 Å². The first-order chi connectivity index (χ1) is 18.6. The van der Waals surface area contributed by atoms with Crippen molar-refractivity contribution in [3.05, 3.63) is 47.7 Å². The SMILES string of the molecule is CC(C)[Si](Oc1ccc2[nH]c3c4ncccc4c4c(c3c2c1)C(=O)NC4O[Si](C)(C)C(C)(C)C)(C(C)C)C(C)C. The number of fused-ring (bicyclic) bond motifs is 8. The van der Waals surface area contributed by atoms with Gasteiger partial charge in [-0.15, -0.1) is 0 Å². The zero-order valence-corrected chi connectivity index (χ0v) is 27.9. The van der Waals surface area contributed by atoms with Gasteiger partial charge in [0.15, 0.2) is 8.32 Å². The van der Waals surface area contributed by atoms with Crippen LogP contribution in [0.4, 0.5) is 0 Å². The van der Waals surface area contributed by atoms with E-state index in [9.17, 15) is 4.79 Å². The van der Waals surface area contributed by atoms with Gasteiger partial charge in [0.2, 0.25) is 0 Å². The topological polar surface area (TPSA) is 76.2 Å². The summed E-state index contributed by atoms with van der Waals surface area (Å²) in [5.74, 6) is 0.774. The summed E-state index contributed by atoms with van der Waals surface area (Å²) in [6, 6.07) is 10.3. The van der Waals surface area contributed by atoms with Crippen molar-refractivity contribution >= 4 is 55.3 Å². The van der Waals surface area contributed by atoms with Crippen LogP contribution in [0.2, 0.25) is 34.8 Å². The van der Waals surface area contributed by atoms with Gasteiger partial charge in [-0.1, -0.05) is 68.4 Å². The van der Waals surface area contributed by atoms with Crippen molar-refractivity contribution in [2.24, 2.45) is 0 Å². The zero-order valence-electron chi connectivity index (χ0n) is 25.9. The third-order valence-electron chi connectivity index (χ3n) is 9.60. The van der Waals surface area contributed by atoms with E-state index in [1.165, 1.54) is 0 Å². The molecule has 6 nitrogen and oxygen atoms in total. The van der Waals surface area contributed by atoms with E-state index < -0.39 is 22.9 Å². The lowest BCUT2D eigenvalue weighted by atomic mass is 9.97. The highest BCUT2D eigenvalue weighted by Gasteiger charge is 2.47. The molecule has 2 aromatic carbocycles. The quantitative estimate of drug-likeness (QED) is 0.215. The number of rotatable bonds is 7. The molecule has 1 amide bonds. The number of carbonyl (C=O) groups is 1. The molecule has 3 heterocycles. The molecule has 0 saturated heterocycles. The summed E-state index contributed by atoms with van der Waals surface area (Å²) < 4.78 is 13.9. The number of benzene rings is 2. The number of nitrogens with one attached hydrogen (secondary N) is 2. The van der Waals surface area contributed by atoms with Crippen LogP contribution in [-0.2, 0) is 4.43 Å². The van der Waals surface area contributed by atoms with Crippen molar-refractivity contribution in [2.45, 2.75) is 103 Å². The number of H-pyrrole nitrogens is 1. The van der Waals surface area contributed by atoms with Crippen molar-refractivity contribution in [1.29, 1.82) is 0 Å². The minimum Gasteiger partial charge on any atom is -0.543 e. The number of pyridine rings is 1. The molecule has 1 aliphatic heterocycles. The fourth-order valence-corrected chi connectivity index (χ4v) is 13.0. The lowest BCUT2D eigenvalue weighted by Crippen LogP contribution is -2.50. The molecule has 8 heteroatoms. The monoisotopic (exact) mass is 575 g/mol. The Morgan fingerprint density at radius 1 is 0.950 bits per heavy atom. The third kappa shape index (κ3) is 4.30. The van der Waals surface area contributed by atoms with E-state index in [4.69, 9.17) is 13.8 Å². The van der Waals surface area contributed by atoms with E-state index in [1.807, 2.05) is 12.3 Å². The maximum absolute atomic E-state index is 13.8. The fourth-order valence-electron chi connectivity index (χ4n) is 6.65. The molecule has 0 bridgehead atoms. The summed E-state index contributed by atoms with van der Waals surface area (Å²) in [6.45, 7) is 24.9. The Hall–Kier alpha value is -2.69. The predicted molar refractivity (Wildman–Crippen MR) is 171 cm³/mol. The molecule has 1 aliphatic rings. The normalized spacial score (nSPS) is 16.6. The molecule has 40 heavy (non-hydrogen) atoms. The third-order valence-corrected chi connectivity index (χ3v) is 20.0. The van der Waals surface area contributed by atoms with Crippen molar-refractivity contribution in [3.8, 4) is 5.75 Å². The Labute approximate surface area is 240 Å². The zero-order chi connectivity index (χ0) is 29.4. The lowest BCUT2D eigenvalue weighted by molar-refractivity contribution is 0.0866. The Kier molecular flexibility index (Phi) is 6.99. The van der Waals surface area contributed by atoms with Crippen LogP contribution < -0.4 is 9.74 Å². The molecule has 0 fully saturated rings. The molecule has 0 saturated carbocycles. The maximum atomic E-state index is 13.8. The van der Waals surface area contributed by atoms with Crippen molar-refractivity contribution < 1.29 is 13.6 Å². The smallest absolute Gasteiger partial charge is 0.258 e. The van der Waals surface area contributed by atoms with E-state index in [2.05, 4.69) is 110 Å². The molecular weight excluding hydrogens is 531 g/mol. The number of carbonyl (C=O) groups excluding carboxylic acids is 1. The average Bonchev–Trinajstić information content (AvgIpc) is 3.38. The van der Waals surface area contributed by atoms with Gasteiger partial charge in [0.05, 0.1) is 16.6 Å². The molecule has 2 N–H and O–H groups in total. The van der Waals surface area contributed by atoms with Gasteiger partial charge in [-0.2, -0.15) is 0 Å². The van der Waals surface area contributed by atoms with E-state index >= 15 is 0 Å². The summed E-state index contributed by atoms with van der Waals surface area (Å²) in [4.78, 5) is 22.2. The molecule has 5 rings (SSSR count). The summed E-state index contributed by atoms with van der Waals surface area (Å²) in [7, 11) is -4.34. The second-order valence-corrected chi connectivity index (χ2v) is 24.1. The summed E-state index contributed by atoms with van der Waals surface area (Å²) in [5.41, 5.74) is 5.66. The van der Waals surface area contributed by atoms with E-state index in [1.54, 1.807) is 0 Å². The van der Waals surface area contributed by atoms with Gasteiger partial charge in [-0.25, -0.2) is 0 Å². The minimum absolute atomic E-state index is 0.00525. The van der Waals surface area contributed by atoms with Crippen LogP contribution in [0.1, 0.15) is 84.5 Å². The largest absolute Gasteiger partial charge is 0.543 e. The molecule has 0 aliphatic carbocycles. The van der Waals surface area contributed by atoms with Crippen LogP contribution in [0.5, 0.6) is 5.75 Å². The molecule has 1 atom stereocenters. The van der Waals surface area contributed by atoms with Gasteiger partial charge < -0.3 is 19.2 Å². The average molecular weight is 576 g/mol. The Balaban J connectivity index is 1.76. The van der Waals surface area contributed by atoms with Crippen LogP contribution in [0.25, 0.3) is 32.7 Å². The highest BCUT2D eigenvalue weighted by Crippen LogP contribution is 2.47. The predicted octanol–water partition coefficient (Wildman–Crippen LogP) is 9.19. The van der Waals surface area contributed by atoms with Gasteiger partial charge >= 0.3 is 0 Å². The number of nitrogens with zero attached hydrogens (tertiary/aromatic N) is 1. The summed E-state index contributed by atoms with van der Waals surface area (Å²) >= 11 is 0. The second kappa shape index (κ2) is 9.70. The minimum atomic E-state index is -2.19. The molecular formula is C32H45N3O3Si2. The highest BCUT2D eigenvalue weighted by molar-refractivity contribution is 6.78. The number of hydrogen-bond donors (Lipinski definition) is 2. The second-order valence-electron chi connectivity index (χ2n) is 13.9. The van der Waals surface area contributed by atoms with Crippen molar-refractivity contribution in [1.82, 2.24) is 15.3 Å². The Morgan fingerprint density at radius 2 is 1.60 bits per heavy atom. The van der Waals surface area contributed by atoms with Crippen LogP contribution in [0, 0.1) is 0 Å². The highest BCUT2D eigenvalue weighted by atomic mass is 28.4. The molecule has 2 aromatic heterocycles. The van der Waals surface area contributed by atoms with Crippen molar-refractivity contribution in [2.75, 3.05) is 0 Å². The fraction of sp³-hybridized carbons (Fsp3) is 0.500. The van der Waals surface area contributed by atoms with Gasteiger partial charge in [0.1, 0.15) is 12.0 Å². The first-order valence-corrected chi connectivity index (χ1v) is 19.7. The lowest BCUT2D eigenvalue weighted by Gasteiger charge is -2.42. The van der Waals surface area contributed by atoms with Gasteiger partial charge in [-0.3, -0.25) is 9.78 Å². The first-order valence-electron chi connectivity index (χ1n) is 14.6. The molecule has 4 aromatic rings. The van der Waals surface area contributed by atoms with Crippen molar-refractivity contribution in [3.63, 3.8) is 0 Å². The number of hydrogen-bond acceptors (Lipinski definition) is 4. The Morgan fingerprint density at radius 3 is 2.20 bits per heavy atom. The number of amides is 1. The van der Waals surface area contributed by atoms with E-state index in [0.29, 0.717) is 22.2 Å². The molecule has 0 radical (unpaired) electrons.